The van der Waals surface area contributed by atoms with Crippen molar-refractivity contribution in [3.63, 3.8) is 0 Å². The average Bonchev–Trinajstić information content (AvgIpc) is 3.38. The summed E-state index contributed by atoms with van der Waals surface area (Å²) >= 11 is 0. The summed E-state index contributed by atoms with van der Waals surface area (Å²) in [6, 6.07) is 38.1. The van der Waals surface area contributed by atoms with Gasteiger partial charge in [-0.05, 0) is 73.8 Å². The molecule has 1 aromatic heterocycles. The Morgan fingerprint density at radius 3 is 1.82 bits per heavy atom. The zero-order valence-electron chi connectivity index (χ0n) is 17.7. The Hall–Kier alpha value is -4.50. The van der Waals surface area contributed by atoms with Crippen LogP contribution in [0.15, 0.2) is 114 Å². The molecule has 7 aromatic rings. The molecule has 0 aliphatic carbocycles. The van der Waals surface area contributed by atoms with Crippen LogP contribution in [0.4, 0.5) is 0 Å². The highest BCUT2D eigenvalue weighted by Gasteiger charge is 2.14. The maximum absolute atomic E-state index is 5.94. The molecule has 0 spiro atoms. The molecule has 3 heteroatoms. The molecule has 154 valence electrons. The minimum Gasteiger partial charge on any atom is -0.416 e. The topological polar surface area (TPSA) is 38.9 Å². The summed E-state index contributed by atoms with van der Waals surface area (Å²) in [4.78, 5) is 0. The van der Waals surface area contributed by atoms with E-state index in [1.807, 2.05) is 30.3 Å². The molecule has 0 N–H and O–H groups in total. The second-order valence-electron chi connectivity index (χ2n) is 8.33. The fraction of sp³-hybridized carbons (Fsp3) is 0. The number of aromatic nitrogens is 2. The molecule has 0 aliphatic rings. The fourth-order valence-electron chi connectivity index (χ4n) is 4.83. The quantitative estimate of drug-likeness (QED) is 0.271. The highest BCUT2D eigenvalue weighted by atomic mass is 16.4. The Kier molecular flexibility index (Phi) is 3.84. The summed E-state index contributed by atoms with van der Waals surface area (Å²) in [6.45, 7) is 0. The summed E-state index contributed by atoms with van der Waals surface area (Å²) in [5.74, 6) is 1.05. The molecular weight excluding hydrogens is 404 g/mol. The first-order valence-corrected chi connectivity index (χ1v) is 11.0. The van der Waals surface area contributed by atoms with E-state index in [1.165, 1.54) is 43.4 Å². The standard InChI is InChI=1S/C30H18N2O/c1-2-6-22(7-3-1)29-31-32-30(33-29)23-16-12-19(13-17-23)26-18-24-10-4-8-20-14-15-21-9-5-11-25(26)28(21)27(20)24/h1-18H. The van der Waals surface area contributed by atoms with Crippen LogP contribution < -0.4 is 0 Å². The first kappa shape index (κ1) is 18.1. The Morgan fingerprint density at radius 1 is 0.455 bits per heavy atom. The van der Waals surface area contributed by atoms with E-state index in [0.717, 1.165) is 11.1 Å². The fourth-order valence-corrected chi connectivity index (χ4v) is 4.83. The largest absolute Gasteiger partial charge is 0.416 e. The third-order valence-electron chi connectivity index (χ3n) is 6.40. The summed E-state index contributed by atoms with van der Waals surface area (Å²) in [6.07, 6.45) is 0. The molecule has 3 nitrogen and oxygen atoms in total. The molecule has 1 heterocycles. The molecular formula is C30H18N2O. The van der Waals surface area contributed by atoms with Crippen molar-refractivity contribution >= 4 is 32.3 Å². The maximum Gasteiger partial charge on any atom is 0.248 e. The lowest BCUT2D eigenvalue weighted by atomic mass is 9.89. The molecule has 0 fully saturated rings. The number of hydrogen-bond acceptors (Lipinski definition) is 3. The van der Waals surface area contributed by atoms with E-state index in [9.17, 15) is 0 Å². The van der Waals surface area contributed by atoms with Crippen LogP contribution in [-0.2, 0) is 0 Å². The van der Waals surface area contributed by atoms with Crippen molar-refractivity contribution in [1.82, 2.24) is 10.2 Å². The van der Waals surface area contributed by atoms with Gasteiger partial charge in [-0.1, -0.05) is 78.9 Å². The minimum absolute atomic E-state index is 0.523. The molecule has 0 saturated heterocycles. The molecule has 0 unspecified atom stereocenters. The van der Waals surface area contributed by atoms with Crippen LogP contribution in [0.5, 0.6) is 0 Å². The smallest absolute Gasteiger partial charge is 0.248 e. The second-order valence-corrected chi connectivity index (χ2v) is 8.33. The SMILES string of the molecule is c1ccc(-c2nnc(-c3ccc(-c4cc5cccc6ccc7cccc4c7c65)cc3)o2)cc1. The van der Waals surface area contributed by atoms with E-state index in [0.29, 0.717) is 11.8 Å². The van der Waals surface area contributed by atoms with Gasteiger partial charge in [0.15, 0.2) is 0 Å². The van der Waals surface area contributed by atoms with Crippen molar-refractivity contribution < 1.29 is 4.42 Å². The zero-order chi connectivity index (χ0) is 21.8. The predicted octanol–water partition coefficient (Wildman–Crippen LogP) is 7.97. The number of hydrogen-bond donors (Lipinski definition) is 0. The van der Waals surface area contributed by atoms with E-state index in [-0.39, 0.29) is 0 Å². The van der Waals surface area contributed by atoms with Gasteiger partial charge in [0.2, 0.25) is 11.8 Å². The monoisotopic (exact) mass is 422 g/mol. The summed E-state index contributed by atoms with van der Waals surface area (Å²) in [5.41, 5.74) is 4.22. The lowest BCUT2D eigenvalue weighted by Crippen LogP contribution is -1.88. The van der Waals surface area contributed by atoms with Crippen molar-refractivity contribution in [1.29, 1.82) is 0 Å². The van der Waals surface area contributed by atoms with E-state index in [4.69, 9.17) is 4.42 Å². The van der Waals surface area contributed by atoms with Crippen molar-refractivity contribution in [3.8, 4) is 34.0 Å². The molecule has 0 bridgehead atoms. The van der Waals surface area contributed by atoms with E-state index in [2.05, 4.69) is 89.1 Å². The minimum atomic E-state index is 0.523. The van der Waals surface area contributed by atoms with Crippen LogP contribution in [0.1, 0.15) is 0 Å². The van der Waals surface area contributed by atoms with Gasteiger partial charge in [-0.25, -0.2) is 0 Å². The van der Waals surface area contributed by atoms with Crippen LogP contribution >= 0.6 is 0 Å². The lowest BCUT2D eigenvalue weighted by molar-refractivity contribution is 0.584. The first-order valence-electron chi connectivity index (χ1n) is 11.0. The van der Waals surface area contributed by atoms with Crippen LogP contribution in [0, 0.1) is 0 Å². The van der Waals surface area contributed by atoms with Gasteiger partial charge in [0.25, 0.3) is 0 Å². The third-order valence-corrected chi connectivity index (χ3v) is 6.40. The molecule has 6 aromatic carbocycles. The van der Waals surface area contributed by atoms with Gasteiger partial charge in [0.1, 0.15) is 0 Å². The van der Waals surface area contributed by atoms with Gasteiger partial charge < -0.3 is 4.42 Å². The molecule has 0 saturated carbocycles. The van der Waals surface area contributed by atoms with Crippen LogP contribution in [0.3, 0.4) is 0 Å². The normalized spacial score (nSPS) is 11.6. The predicted molar refractivity (Wildman–Crippen MR) is 134 cm³/mol. The molecule has 0 atom stereocenters. The summed E-state index contributed by atoms with van der Waals surface area (Å²) in [7, 11) is 0. The Bertz CT molecular complexity index is 1750. The van der Waals surface area contributed by atoms with Crippen molar-refractivity contribution in [3.05, 3.63) is 109 Å². The van der Waals surface area contributed by atoms with E-state index in [1.54, 1.807) is 0 Å². The maximum atomic E-state index is 5.94. The molecule has 33 heavy (non-hydrogen) atoms. The first-order chi connectivity index (χ1) is 16.3. The van der Waals surface area contributed by atoms with Gasteiger partial charge in [0, 0.05) is 11.1 Å². The van der Waals surface area contributed by atoms with Crippen molar-refractivity contribution in [2.45, 2.75) is 0 Å². The van der Waals surface area contributed by atoms with E-state index >= 15 is 0 Å². The van der Waals surface area contributed by atoms with Gasteiger partial charge in [-0.2, -0.15) is 0 Å². The zero-order valence-corrected chi connectivity index (χ0v) is 17.7. The van der Waals surface area contributed by atoms with Gasteiger partial charge in [-0.15, -0.1) is 10.2 Å². The summed E-state index contributed by atoms with van der Waals surface area (Å²) in [5, 5.41) is 16.2. The Labute approximate surface area is 190 Å². The Morgan fingerprint density at radius 2 is 1.06 bits per heavy atom. The van der Waals surface area contributed by atoms with Crippen LogP contribution in [0.2, 0.25) is 0 Å². The van der Waals surface area contributed by atoms with Crippen LogP contribution in [0.25, 0.3) is 66.4 Å². The van der Waals surface area contributed by atoms with Crippen molar-refractivity contribution in [2.24, 2.45) is 0 Å². The number of rotatable bonds is 3. The molecule has 0 aliphatic heterocycles. The highest BCUT2D eigenvalue weighted by molar-refractivity contribution is 6.26. The number of nitrogens with zero attached hydrogens (tertiary/aromatic N) is 2. The average molecular weight is 422 g/mol. The third kappa shape index (κ3) is 2.83. The molecule has 0 amide bonds. The van der Waals surface area contributed by atoms with Crippen LogP contribution in [-0.4, -0.2) is 10.2 Å². The van der Waals surface area contributed by atoms with Gasteiger partial charge in [-0.3, -0.25) is 0 Å². The summed E-state index contributed by atoms with van der Waals surface area (Å²) < 4.78 is 5.94. The highest BCUT2D eigenvalue weighted by Crippen LogP contribution is 2.40. The van der Waals surface area contributed by atoms with E-state index < -0.39 is 0 Å². The Balaban J connectivity index is 1.35. The molecule has 0 radical (unpaired) electrons. The van der Waals surface area contributed by atoms with Gasteiger partial charge >= 0.3 is 0 Å². The van der Waals surface area contributed by atoms with Gasteiger partial charge in [0.05, 0.1) is 0 Å². The lowest BCUT2D eigenvalue weighted by Gasteiger charge is -2.15. The molecule has 7 rings (SSSR count). The number of benzene rings is 6. The second kappa shape index (κ2) is 7.01. The van der Waals surface area contributed by atoms with Crippen molar-refractivity contribution in [2.75, 3.05) is 0 Å².